The highest BCUT2D eigenvalue weighted by Gasteiger charge is 2.32. The molecule has 0 unspecified atom stereocenters. The van der Waals surface area contributed by atoms with E-state index in [1.54, 1.807) is 18.2 Å². The molecular formula is C12H10F3N3O2. The van der Waals surface area contributed by atoms with Crippen LogP contribution in [0.5, 0.6) is 0 Å². The summed E-state index contributed by atoms with van der Waals surface area (Å²) in [7, 11) is 1.17. The van der Waals surface area contributed by atoms with Gasteiger partial charge in [0.1, 0.15) is 6.54 Å². The zero-order chi connectivity index (χ0) is 14.9. The van der Waals surface area contributed by atoms with E-state index in [0.29, 0.717) is 10.9 Å². The van der Waals surface area contributed by atoms with Crippen molar-refractivity contribution in [3.05, 3.63) is 30.0 Å². The molecule has 0 aliphatic carbocycles. The lowest BCUT2D eigenvalue weighted by molar-refractivity contribution is -0.119. The van der Waals surface area contributed by atoms with Gasteiger partial charge in [-0.1, -0.05) is 18.2 Å². The lowest BCUT2D eigenvalue weighted by Gasteiger charge is -2.23. The number of alkyl halides is 3. The summed E-state index contributed by atoms with van der Waals surface area (Å²) in [5.74, 6) is -1.42. The number of benzene rings is 1. The lowest BCUT2D eigenvalue weighted by atomic mass is 10.1. The Morgan fingerprint density at radius 1 is 1.30 bits per heavy atom. The van der Waals surface area contributed by atoms with Crippen LogP contribution in [0.4, 0.5) is 18.9 Å². The summed E-state index contributed by atoms with van der Waals surface area (Å²) in [5, 5.41) is 16.6. The van der Waals surface area contributed by atoms with Crippen molar-refractivity contribution < 1.29 is 23.1 Å². The molecule has 0 saturated heterocycles. The van der Waals surface area contributed by atoms with Gasteiger partial charge in [0.15, 0.2) is 5.69 Å². The van der Waals surface area contributed by atoms with E-state index >= 15 is 0 Å². The van der Waals surface area contributed by atoms with E-state index in [9.17, 15) is 18.0 Å². The van der Waals surface area contributed by atoms with Gasteiger partial charge in [-0.2, -0.15) is 13.2 Å². The fraction of sp³-hybridized carbons (Fsp3) is 0.250. The summed E-state index contributed by atoms with van der Waals surface area (Å²) >= 11 is 0. The Hall–Kier alpha value is -2.38. The highest BCUT2D eigenvalue weighted by molar-refractivity contribution is 6.02. The van der Waals surface area contributed by atoms with E-state index in [-0.39, 0.29) is 5.69 Å². The van der Waals surface area contributed by atoms with Crippen LogP contribution >= 0.6 is 0 Å². The van der Waals surface area contributed by atoms with Gasteiger partial charge in [0.25, 0.3) is 0 Å². The third kappa shape index (κ3) is 2.79. The topological polar surface area (TPSA) is 66.3 Å². The normalized spacial score (nSPS) is 11.6. The minimum Gasteiger partial charge on any atom is -0.476 e. The van der Waals surface area contributed by atoms with Gasteiger partial charge in [-0.15, -0.1) is 10.2 Å². The standard InChI is InChI=1S/C12H10F3N3O2/c1-18(6-12(13,14)15)10-7-4-2-3-5-8(7)16-17-9(10)11(19)20/h2-5H,6H2,1H3,(H,19,20). The van der Waals surface area contributed by atoms with E-state index < -0.39 is 24.4 Å². The molecule has 1 aromatic carbocycles. The molecule has 0 atom stereocenters. The van der Waals surface area contributed by atoms with E-state index in [1.807, 2.05) is 0 Å². The van der Waals surface area contributed by atoms with Crippen LogP contribution in [0.25, 0.3) is 10.9 Å². The molecule has 20 heavy (non-hydrogen) atoms. The maximum absolute atomic E-state index is 12.5. The largest absolute Gasteiger partial charge is 0.476 e. The van der Waals surface area contributed by atoms with Crippen LogP contribution < -0.4 is 4.90 Å². The van der Waals surface area contributed by atoms with Gasteiger partial charge in [-0.25, -0.2) is 4.79 Å². The van der Waals surface area contributed by atoms with Crippen LogP contribution in [0, 0.1) is 0 Å². The number of rotatable bonds is 3. The Kier molecular flexibility index (Phi) is 3.47. The van der Waals surface area contributed by atoms with E-state index in [2.05, 4.69) is 10.2 Å². The van der Waals surface area contributed by atoms with Crippen LogP contribution in [-0.4, -0.2) is 41.0 Å². The number of fused-ring (bicyclic) bond motifs is 1. The molecule has 2 rings (SSSR count). The number of halogens is 3. The highest BCUT2D eigenvalue weighted by atomic mass is 19.4. The van der Waals surface area contributed by atoms with Gasteiger partial charge >= 0.3 is 12.1 Å². The third-order valence-corrected chi connectivity index (χ3v) is 2.64. The van der Waals surface area contributed by atoms with Crippen molar-refractivity contribution in [2.24, 2.45) is 0 Å². The molecule has 8 heteroatoms. The number of aromatic nitrogens is 2. The zero-order valence-electron chi connectivity index (χ0n) is 10.3. The number of anilines is 1. The van der Waals surface area contributed by atoms with Gasteiger partial charge in [0.2, 0.25) is 0 Å². The summed E-state index contributed by atoms with van der Waals surface area (Å²) in [6.45, 7) is -1.27. The molecule has 1 heterocycles. The maximum atomic E-state index is 12.5. The fourth-order valence-electron chi connectivity index (χ4n) is 1.92. The van der Waals surface area contributed by atoms with Crippen LogP contribution in [-0.2, 0) is 0 Å². The van der Waals surface area contributed by atoms with Crippen molar-refractivity contribution in [2.75, 3.05) is 18.5 Å². The first-order chi connectivity index (χ1) is 9.29. The molecule has 1 N–H and O–H groups in total. The van der Waals surface area contributed by atoms with E-state index in [4.69, 9.17) is 5.11 Å². The van der Waals surface area contributed by atoms with Crippen molar-refractivity contribution in [3.63, 3.8) is 0 Å². The Balaban J connectivity index is 2.63. The molecule has 0 fully saturated rings. The first-order valence-electron chi connectivity index (χ1n) is 5.56. The number of carboxylic acid groups (broad SMARTS) is 1. The predicted octanol–water partition coefficient (Wildman–Crippen LogP) is 2.33. The Morgan fingerprint density at radius 2 is 1.95 bits per heavy atom. The molecule has 0 aliphatic heterocycles. The number of carbonyl (C=O) groups is 1. The molecule has 0 spiro atoms. The summed E-state index contributed by atoms with van der Waals surface area (Å²) in [4.78, 5) is 11.9. The summed E-state index contributed by atoms with van der Waals surface area (Å²) in [6, 6.07) is 6.31. The van der Waals surface area contributed by atoms with Crippen molar-refractivity contribution in [1.29, 1.82) is 0 Å². The second-order valence-electron chi connectivity index (χ2n) is 4.19. The highest BCUT2D eigenvalue weighted by Crippen LogP contribution is 2.29. The average Bonchev–Trinajstić information content (AvgIpc) is 2.35. The smallest absolute Gasteiger partial charge is 0.405 e. The molecular weight excluding hydrogens is 275 g/mol. The van der Waals surface area contributed by atoms with Crippen LogP contribution in [0.3, 0.4) is 0 Å². The zero-order valence-corrected chi connectivity index (χ0v) is 10.3. The third-order valence-electron chi connectivity index (χ3n) is 2.64. The summed E-state index contributed by atoms with van der Waals surface area (Å²) in [5.41, 5.74) is -0.266. The van der Waals surface area contributed by atoms with Gasteiger partial charge in [0.05, 0.1) is 11.2 Å². The number of hydrogen-bond donors (Lipinski definition) is 1. The lowest BCUT2D eigenvalue weighted by Crippen LogP contribution is -2.32. The van der Waals surface area contributed by atoms with Crippen molar-refractivity contribution in [3.8, 4) is 0 Å². The number of aromatic carboxylic acids is 1. The van der Waals surface area contributed by atoms with E-state index in [1.165, 1.54) is 13.1 Å². The van der Waals surface area contributed by atoms with Gasteiger partial charge < -0.3 is 10.0 Å². The van der Waals surface area contributed by atoms with Crippen LogP contribution in [0.2, 0.25) is 0 Å². The summed E-state index contributed by atoms with van der Waals surface area (Å²) in [6.07, 6.45) is -4.45. The van der Waals surface area contributed by atoms with Crippen LogP contribution in [0.15, 0.2) is 24.3 Å². The summed E-state index contributed by atoms with van der Waals surface area (Å²) < 4.78 is 37.5. The van der Waals surface area contributed by atoms with Crippen molar-refractivity contribution in [2.45, 2.75) is 6.18 Å². The molecule has 0 saturated carbocycles. The first-order valence-corrected chi connectivity index (χ1v) is 5.56. The van der Waals surface area contributed by atoms with Crippen LogP contribution in [0.1, 0.15) is 10.5 Å². The number of carboxylic acids is 1. The van der Waals surface area contributed by atoms with Crippen molar-refractivity contribution >= 4 is 22.6 Å². The van der Waals surface area contributed by atoms with Crippen molar-refractivity contribution in [1.82, 2.24) is 10.2 Å². The van der Waals surface area contributed by atoms with Gasteiger partial charge in [-0.05, 0) is 6.07 Å². The molecule has 0 amide bonds. The SMILES string of the molecule is CN(CC(F)(F)F)c1c(C(=O)O)nnc2ccccc12. The molecule has 0 radical (unpaired) electrons. The number of hydrogen-bond acceptors (Lipinski definition) is 4. The minimum atomic E-state index is -4.45. The molecule has 1 aromatic heterocycles. The fourth-order valence-corrected chi connectivity index (χ4v) is 1.92. The quantitative estimate of drug-likeness (QED) is 0.937. The second kappa shape index (κ2) is 4.95. The predicted molar refractivity (Wildman–Crippen MR) is 65.8 cm³/mol. The Morgan fingerprint density at radius 3 is 2.55 bits per heavy atom. The number of nitrogens with zero attached hydrogens (tertiary/aromatic N) is 3. The van der Waals surface area contributed by atoms with Gasteiger partial charge in [0, 0.05) is 12.4 Å². The minimum absolute atomic E-state index is 0.0968. The Bertz CT molecular complexity index is 658. The Labute approximate surface area is 111 Å². The average molecular weight is 285 g/mol. The van der Waals surface area contributed by atoms with Gasteiger partial charge in [-0.3, -0.25) is 0 Å². The molecule has 0 bridgehead atoms. The maximum Gasteiger partial charge on any atom is 0.405 e. The molecule has 106 valence electrons. The first kappa shape index (κ1) is 14.0. The second-order valence-corrected chi connectivity index (χ2v) is 4.19. The monoisotopic (exact) mass is 285 g/mol. The molecule has 5 nitrogen and oxygen atoms in total. The molecule has 2 aromatic rings. The van der Waals surface area contributed by atoms with E-state index in [0.717, 1.165) is 4.90 Å². The molecule has 0 aliphatic rings.